The molecule has 2 nitrogen and oxygen atoms in total. The van der Waals surface area contributed by atoms with E-state index in [0.29, 0.717) is 17.1 Å². The van der Waals surface area contributed by atoms with Gasteiger partial charge in [0.05, 0.1) is 0 Å². The second-order valence-electron chi connectivity index (χ2n) is 18.7. The molecule has 0 aromatic heterocycles. The number of nitrogens with one attached hydrogen (secondary N) is 2. The summed E-state index contributed by atoms with van der Waals surface area (Å²) in [5.74, 6) is 0. The highest BCUT2D eigenvalue weighted by Gasteiger charge is 2.46. The maximum absolute atomic E-state index is 4.76. The van der Waals surface area contributed by atoms with Crippen LogP contribution in [0, 0.1) is 0 Å². The molecule has 0 bridgehead atoms. The molecule has 0 amide bonds. The molecule has 1 aliphatic rings. The summed E-state index contributed by atoms with van der Waals surface area (Å²) in [5.41, 5.74) is 0.675. The van der Waals surface area contributed by atoms with Crippen LogP contribution in [-0.2, 0) is 0 Å². The summed E-state index contributed by atoms with van der Waals surface area (Å²) in [4.78, 5) is 0. The zero-order valence-corrected chi connectivity index (χ0v) is 38.0. The van der Waals surface area contributed by atoms with E-state index in [1.165, 1.54) is 276 Å². The van der Waals surface area contributed by atoms with E-state index in [9.17, 15) is 0 Å². The van der Waals surface area contributed by atoms with E-state index < -0.39 is 0 Å². The summed E-state index contributed by atoms with van der Waals surface area (Å²) >= 11 is 0. The van der Waals surface area contributed by atoms with Gasteiger partial charge in [-0.15, -0.1) is 0 Å². The predicted octanol–water partition coefficient (Wildman–Crippen LogP) is 17.5. The Balaban J connectivity index is 3.11. The molecule has 0 aromatic carbocycles. The number of piperidine rings is 1. The summed E-state index contributed by atoms with van der Waals surface area (Å²) in [6.45, 7) is 13.0. The van der Waals surface area contributed by atoms with E-state index in [4.69, 9.17) is 5.32 Å². The van der Waals surface area contributed by atoms with Crippen LogP contribution in [0.15, 0.2) is 0 Å². The predicted molar refractivity (Wildman–Crippen MR) is 243 cm³/mol. The van der Waals surface area contributed by atoms with Crippen LogP contribution >= 0.6 is 0 Å². The maximum atomic E-state index is 4.76. The molecule has 0 aliphatic carbocycles. The van der Waals surface area contributed by atoms with Crippen LogP contribution in [0.3, 0.4) is 0 Å². The van der Waals surface area contributed by atoms with Crippen LogP contribution < -0.4 is 10.6 Å². The Morgan fingerprint density at radius 1 is 0.321 bits per heavy atom. The van der Waals surface area contributed by atoms with E-state index >= 15 is 0 Å². The first-order chi connectivity index (χ1) is 26.1. The van der Waals surface area contributed by atoms with Crippen molar-refractivity contribution in [2.24, 2.45) is 0 Å². The zero-order chi connectivity index (χ0) is 38.4. The van der Waals surface area contributed by atoms with Gasteiger partial charge in [-0.2, -0.15) is 0 Å². The molecule has 0 saturated carbocycles. The van der Waals surface area contributed by atoms with Crippen molar-refractivity contribution in [1.82, 2.24) is 10.6 Å². The van der Waals surface area contributed by atoms with Crippen molar-refractivity contribution in [2.75, 3.05) is 6.54 Å². The van der Waals surface area contributed by atoms with Crippen LogP contribution in [0.2, 0.25) is 0 Å². The summed E-state index contributed by atoms with van der Waals surface area (Å²) in [5, 5.41) is 9.03. The van der Waals surface area contributed by atoms with Gasteiger partial charge >= 0.3 is 0 Å². The standard InChI is InChI=1S/C51H104N2/c1-6-11-16-21-25-29-33-37-42-50(43-38-34-30-26-22-17-12-7-2)47-49(52-46-41-20-15-10-5)48-51(53-50,44-39-35-31-27-23-18-13-8-3)45-40-36-32-28-24-19-14-9-4/h49,52-53H,6-48H2,1-5H3. The van der Waals surface area contributed by atoms with Crippen LogP contribution in [-0.4, -0.2) is 23.7 Å². The lowest BCUT2D eigenvalue weighted by atomic mass is 9.68. The Hall–Kier alpha value is -0.0800. The minimum Gasteiger partial charge on any atom is -0.314 e. The summed E-state index contributed by atoms with van der Waals surface area (Å²) in [6.07, 6.45) is 60.0. The first-order valence-electron chi connectivity index (χ1n) is 25.6. The Labute approximate surface area is 337 Å². The van der Waals surface area contributed by atoms with Gasteiger partial charge in [-0.05, 0) is 51.5 Å². The highest BCUT2D eigenvalue weighted by Crippen LogP contribution is 2.42. The second kappa shape index (κ2) is 37.5. The zero-order valence-electron chi connectivity index (χ0n) is 38.0. The Morgan fingerprint density at radius 3 is 0.811 bits per heavy atom. The molecule has 318 valence electrons. The van der Waals surface area contributed by atoms with Gasteiger partial charge in [0, 0.05) is 17.1 Å². The molecule has 0 spiro atoms. The van der Waals surface area contributed by atoms with Crippen molar-refractivity contribution in [3.8, 4) is 0 Å². The Kier molecular flexibility index (Phi) is 36.0. The minimum absolute atomic E-state index is 0.337. The van der Waals surface area contributed by atoms with Crippen molar-refractivity contribution in [2.45, 2.75) is 321 Å². The molecule has 0 unspecified atom stereocenters. The Bertz CT molecular complexity index is 625. The van der Waals surface area contributed by atoms with E-state index in [1.54, 1.807) is 0 Å². The lowest BCUT2D eigenvalue weighted by Crippen LogP contribution is -2.66. The van der Waals surface area contributed by atoms with Crippen LogP contribution in [0.1, 0.15) is 304 Å². The maximum Gasteiger partial charge on any atom is 0.0201 e. The average molecular weight is 745 g/mol. The third-order valence-corrected chi connectivity index (χ3v) is 13.3. The molecule has 53 heavy (non-hydrogen) atoms. The summed E-state index contributed by atoms with van der Waals surface area (Å²) in [6, 6.07) is 0.698. The van der Waals surface area contributed by atoms with Gasteiger partial charge in [-0.1, -0.05) is 259 Å². The monoisotopic (exact) mass is 745 g/mol. The molecule has 1 aliphatic heterocycles. The van der Waals surface area contributed by atoms with Gasteiger partial charge in [0.25, 0.3) is 0 Å². The molecule has 2 heteroatoms. The quantitative estimate of drug-likeness (QED) is 0.0608. The SMILES string of the molecule is CCCCCCCCCCC1(CCCCCCCCCC)CC(NCCCCCC)CC(CCCCCCCCCC)(CCCCCCCCCC)N1. The van der Waals surface area contributed by atoms with E-state index in [2.05, 4.69) is 39.9 Å². The van der Waals surface area contributed by atoms with E-state index in [1.807, 2.05) is 0 Å². The topological polar surface area (TPSA) is 24.1 Å². The molecule has 1 heterocycles. The van der Waals surface area contributed by atoms with Gasteiger partial charge < -0.3 is 10.6 Å². The third-order valence-electron chi connectivity index (χ3n) is 13.3. The van der Waals surface area contributed by atoms with Gasteiger partial charge in [-0.25, -0.2) is 0 Å². The average Bonchev–Trinajstić information content (AvgIpc) is 3.16. The van der Waals surface area contributed by atoms with Crippen LogP contribution in [0.5, 0.6) is 0 Å². The van der Waals surface area contributed by atoms with Gasteiger partial charge in [0.2, 0.25) is 0 Å². The molecule has 1 rings (SSSR count). The normalized spacial score (nSPS) is 15.8. The lowest BCUT2D eigenvalue weighted by molar-refractivity contribution is 0.0639. The molecule has 0 aromatic rings. The number of hydrogen-bond acceptors (Lipinski definition) is 2. The Morgan fingerprint density at radius 2 is 0.547 bits per heavy atom. The molecule has 1 fully saturated rings. The van der Waals surface area contributed by atoms with Crippen molar-refractivity contribution < 1.29 is 0 Å². The summed E-state index contributed by atoms with van der Waals surface area (Å²) in [7, 11) is 0. The minimum atomic E-state index is 0.337. The highest BCUT2D eigenvalue weighted by atomic mass is 15.1. The molecule has 0 radical (unpaired) electrons. The molecular formula is C51H104N2. The first kappa shape index (κ1) is 50.9. The molecule has 0 atom stereocenters. The van der Waals surface area contributed by atoms with Crippen molar-refractivity contribution in [3.63, 3.8) is 0 Å². The molecule has 2 N–H and O–H groups in total. The van der Waals surface area contributed by atoms with Gasteiger partial charge in [0.1, 0.15) is 0 Å². The van der Waals surface area contributed by atoms with Crippen LogP contribution in [0.25, 0.3) is 0 Å². The van der Waals surface area contributed by atoms with Crippen molar-refractivity contribution in [1.29, 1.82) is 0 Å². The smallest absolute Gasteiger partial charge is 0.0201 e. The molecular weight excluding hydrogens is 641 g/mol. The fourth-order valence-corrected chi connectivity index (χ4v) is 9.98. The largest absolute Gasteiger partial charge is 0.314 e. The van der Waals surface area contributed by atoms with Gasteiger partial charge in [-0.3, -0.25) is 0 Å². The number of unbranched alkanes of at least 4 members (excludes halogenated alkanes) is 31. The third kappa shape index (κ3) is 28.9. The van der Waals surface area contributed by atoms with E-state index in [0.717, 1.165) is 0 Å². The lowest BCUT2D eigenvalue weighted by Gasteiger charge is -2.54. The molecule has 1 saturated heterocycles. The fourth-order valence-electron chi connectivity index (χ4n) is 9.98. The second-order valence-corrected chi connectivity index (χ2v) is 18.7. The van der Waals surface area contributed by atoms with Gasteiger partial charge in [0.15, 0.2) is 0 Å². The fraction of sp³-hybridized carbons (Fsp3) is 1.00. The number of hydrogen-bond donors (Lipinski definition) is 2. The van der Waals surface area contributed by atoms with E-state index in [-0.39, 0.29) is 0 Å². The number of rotatable bonds is 42. The summed E-state index contributed by atoms with van der Waals surface area (Å²) < 4.78 is 0. The van der Waals surface area contributed by atoms with Crippen molar-refractivity contribution >= 4 is 0 Å². The van der Waals surface area contributed by atoms with Crippen molar-refractivity contribution in [3.05, 3.63) is 0 Å². The highest BCUT2D eigenvalue weighted by molar-refractivity contribution is 5.07. The van der Waals surface area contributed by atoms with Crippen LogP contribution in [0.4, 0.5) is 0 Å². The first-order valence-corrected chi connectivity index (χ1v) is 25.6.